The van der Waals surface area contributed by atoms with Gasteiger partial charge < -0.3 is 4.43 Å². The molecular formula is C17H32OSi. The van der Waals surface area contributed by atoms with Crippen LogP contribution < -0.4 is 0 Å². The fraction of sp³-hybridized carbons (Fsp3) is 0.765. The Morgan fingerprint density at radius 3 is 2.37 bits per heavy atom. The minimum Gasteiger partial charge on any atom is -0.403 e. The third-order valence-corrected chi connectivity index (χ3v) is 8.64. The van der Waals surface area contributed by atoms with E-state index in [2.05, 4.69) is 53.3 Å². The molecule has 0 bridgehead atoms. The maximum atomic E-state index is 6.31. The lowest BCUT2D eigenvalue weighted by atomic mass is 9.98. The zero-order chi connectivity index (χ0) is 15.1. The predicted octanol–water partition coefficient (Wildman–Crippen LogP) is 5.39. The average Bonchev–Trinajstić information content (AvgIpc) is 2.26. The summed E-state index contributed by atoms with van der Waals surface area (Å²) in [7, 11) is -1.75. The molecule has 1 nitrogen and oxygen atoms in total. The van der Waals surface area contributed by atoms with Gasteiger partial charge in [0, 0.05) is 0 Å². The van der Waals surface area contributed by atoms with Crippen LogP contribution >= 0.6 is 0 Å². The van der Waals surface area contributed by atoms with Gasteiger partial charge in [0.2, 0.25) is 0 Å². The zero-order valence-electron chi connectivity index (χ0n) is 13.8. The van der Waals surface area contributed by atoms with E-state index in [9.17, 15) is 0 Å². The third-order valence-electron chi connectivity index (χ3n) is 4.15. The lowest BCUT2D eigenvalue weighted by molar-refractivity contribution is 0.199. The van der Waals surface area contributed by atoms with Gasteiger partial charge in [0.25, 0.3) is 0 Å². The Labute approximate surface area is 122 Å². The largest absolute Gasteiger partial charge is 0.403 e. The second kappa shape index (κ2) is 7.92. The number of terminal acetylenes is 1. The molecule has 0 aliphatic heterocycles. The number of allylic oxidation sites excluding steroid dienone is 1. The Morgan fingerprint density at radius 1 is 1.37 bits per heavy atom. The molecule has 0 heterocycles. The molecule has 110 valence electrons. The van der Waals surface area contributed by atoms with Gasteiger partial charge in [-0.15, -0.1) is 13.0 Å². The smallest absolute Gasteiger partial charge is 0.193 e. The van der Waals surface area contributed by atoms with Gasteiger partial charge >= 0.3 is 0 Å². The van der Waals surface area contributed by atoms with Crippen LogP contribution in [0.2, 0.25) is 18.1 Å². The Balaban J connectivity index is 4.37. The van der Waals surface area contributed by atoms with Crippen LogP contribution in [0, 0.1) is 18.3 Å². The quantitative estimate of drug-likeness (QED) is 0.250. The number of hydrogen-bond donors (Lipinski definition) is 0. The fourth-order valence-corrected chi connectivity index (χ4v) is 3.01. The average molecular weight is 281 g/mol. The van der Waals surface area contributed by atoms with E-state index < -0.39 is 8.32 Å². The molecule has 19 heavy (non-hydrogen) atoms. The maximum Gasteiger partial charge on any atom is 0.193 e. The topological polar surface area (TPSA) is 9.23 Å². The molecule has 2 atom stereocenters. The zero-order valence-corrected chi connectivity index (χ0v) is 14.8. The number of rotatable bonds is 8. The molecule has 0 N–H and O–H groups in total. The Kier molecular flexibility index (Phi) is 7.70. The molecule has 0 amide bonds. The van der Waals surface area contributed by atoms with Crippen molar-refractivity contribution in [2.24, 2.45) is 5.92 Å². The monoisotopic (exact) mass is 280 g/mol. The van der Waals surface area contributed by atoms with E-state index in [1.807, 2.05) is 6.08 Å². The first-order valence-electron chi connectivity index (χ1n) is 7.39. The molecule has 0 radical (unpaired) electrons. The minimum atomic E-state index is -1.75. The molecular weight excluding hydrogens is 248 g/mol. The summed E-state index contributed by atoms with van der Waals surface area (Å²) < 4.78 is 6.31. The van der Waals surface area contributed by atoms with Crippen LogP contribution in [-0.2, 0) is 4.43 Å². The molecule has 0 aromatic carbocycles. The van der Waals surface area contributed by atoms with Gasteiger partial charge in [-0.05, 0) is 43.3 Å². The summed E-state index contributed by atoms with van der Waals surface area (Å²) in [5, 5.41) is 0.216. The van der Waals surface area contributed by atoms with Crippen LogP contribution in [0.15, 0.2) is 12.7 Å². The van der Waals surface area contributed by atoms with Gasteiger partial charge in [0.15, 0.2) is 8.32 Å². The first-order valence-corrected chi connectivity index (χ1v) is 10.3. The molecule has 0 saturated heterocycles. The van der Waals surface area contributed by atoms with E-state index in [4.69, 9.17) is 10.8 Å². The first-order chi connectivity index (χ1) is 8.64. The Bertz CT molecular complexity index is 306. The molecule has 0 saturated carbocycles. The second-order valence-electron chi connectivity index (χ2n) is 7.09. The van der Waals surface area contributed by atoms with E-state index in [-0.39, 0.29) is 11.1 Å². The molecule has 0 aliphatic carbocycles. The van der Waals surface area contributed by atoms with E-state index in [1.54, 1.807) is 0 Å². The Hall–Kier alpha value is -0.523. The SMILES string of the molecule is C#CC(C[C@@H](C)CCCC=C)O[Si](C)(C)C(C)(C)C. The number of unbranched alkanes of at least 4 members (excludes halogenated alkanes) is 1. The van der Waals surface area contributed by atoms with E-state index in [0.717, 1.165) is 12.8 Å². The van der Waals surface area contributed by atoms with Crippen LogP contribution in [0.1, 0.15) is 53.4 Å². The lowest BCUT2D eigenvalue weighted by Crippen LogP contribution is -2.44. The summed E-state index contributed by atoms with van der Waals surface area (Å²) in [6.45, 7) is 17.3. The summed E-state index contributed by atoms with van der Waals surface area (Å²) in [6, 6.07) is 0. The highest BCUT2D eigenvalue weighted by Crippen LogP contribution is 2.37. The minimum absolute atomic E-state index is 0.0281. The van der Waals surface area contributed by atoms with Crippen molar-refractivity contribution in [3.8, 4) is 12.3 Å². The highest BCUT2D eigenvalue weighted by Gasteiger charge is 2.39. The molecule has 0 fully saturated rings. The van der Waals surface area contributed by atoms with Crippen LogP contribution in [0.25, 0.3) is 0 Å². The van der Waals surface area contributed by atoms with Crippen molar-refractivity contribution < 1.29 is 4.43 Å². The molecule has 0 spiro atoms. The van der Waals surface area contributed by atoms with E-state index in [1.165, 1.54) is 12.8 Å². The van der Waals surface area contributed by atoms with E-state index in [0.29, 0.717) is 5.92 Å². The highest BCUT2D eigenvalue weighted by atomic mass is 28.4. The van der Waals surface area contributed by atoms with Gasteiger partial charge in [-0.25, -0.2) is 0 Å². The standard InChI is InChI=1S/C17H32OSi/c1-9-11-12-13-15(3)14-16(10-2)18-19(7,8)17(4,5)6/h2,9,15-16H,1,11-14H2,3-8H3/t15-,16?/m0/s1. The first kappa shape index (κ1) is 18.5. The summed E-state index contributed by atoms with van der Waals surface area (Å²) in [6.07, 6.45) is 12.1. The summed E-state index contributed by atoms with van der Waals surface area (Å²) in [4.78, 5) is 0. The van der Waals surface area contributed by atoms with Crippen molar-refractivity contribution in [1.29, 1.82) is 0 Å². The molecule has 0 aromatic heterocycles. The lowest BCUT2D eigenvalue weighted by Gasteiger charge is -2.38. The van der Waals surface area contributed by atoms with Crippen molar-refractivity contribution in [3.05, 3.63) is 12.7 Å². The normalized spacial score (nSPS) is 15.6. The van der Waals surface area contributed by atoms with Gasteiger partial charge in [-0.2, -0.15) is 0 Å². The van der Waals surface area contributed by atoms with Crippen LogP contribution in [0.4, 0.5) is 0 Å². The van der Waals surface area contributed by atoms with Crippen LogP contribution in [0.3, 0.4) is 0 Å². The summed E-state index contributed by atoms with van der Waals surface area (Å²) >= 11 is 0. The van der Waals surface area contributed by atoms with Crippen molar-refractivity contribution in [1.82, 2.24) is 0 Å². The molecule has 2 heteroatoms. The highest BCUT2D eigenvalue weighted by molar-refractivity contribution is 6.74. The van der Waals surface area contributed by atoms with Crippen molar-refractivity contribution in [3.63, 3.8) is 0 Å². The van der Waals surface area contributed by atoms with Crippen LogP contribution in [0.5, 0.6) is 0 Å². The molecule has 1 unspecified atom stereocenters. The summed E-state index contributed by atoms with van der Waals surface area (Å²) in [5.41, 5.74) is 0. The molecule has 0 aromatic rings. The third kappa shape index (κ3) is 6.99. The fourth-order valence-electron chi connectivity index (χ4n) is 1.78. The number of hydrogen-bond acceptors (Lipinski definition) is 1. The van der Waals surface area contributed by atoms with Gasteiger partial charge in [0.05, 0.1) is 0 Å². The van der Waals surface area contributed by atoms with Gasteiger partial charge in [-0.1, -0.05) is 46.1 Å². The van der Waals surface area contributed by atoms with Gasteiger partial charge in [-0.3, -0.25) is 0 Å². The molecule has 0 aliphatic rings. The van der Waals surface area contributed by atoms with Crippen molar-refractivity contribution in [2.75, 3.05) is 0 Å². The second-order valence-corrected chi connectivity index (χ2v) is 11.9. The van der Waals surface area contributed by atoms with Gasteiger partial charge in [0.1, 0.15) is 6.10 Å². The van der Waals surface area contributed by atoms with Crippen LogP contribution in [-0.4, -0.2) is 14.4 Å². The summed E-state index contributed by atoms with van der Waals surface area (Å²) in [5.74, 6) is 3.46. The maximum absolute atomic E-state index is 6.31. The molecule has 0 rings (SSSR count). The Morgan fingerprint density at radius 2 is 1.95 bits per heavy atom. The van der Waals surface area contributed by atoms with Crippen molar-refractivity contribution >= 4 is 8.32 Å². The predicted molar refractivity (Wildman–Crippen MR) is 88.7 cm³/mol. The van der Waals surface area contributed by atoms with Crippen molar-refractivity contribution in [2.45, 2.75) is 77.6 Å². The van der Waals surface area contributed by atoms with E-state index >= 15 is 0 Å².